The number of aromatic nitrogens is 2. The van der Waals surface area contributed by atoms with Crippen LogP contribution >= 0.6 is 11.5 Å². The third kappa shape index (κ3) is 3.27. The number of aryl methyl sites for hydroxylation is 1. The third-order valence-electron chi connectivity index (χ3n) is 2.59. The van der Waals surface area contributed by atoms with E-state index in [1.165, 1.54) is 11.5 Å². The average molecular weight is 256 g/mol. The number of nitrogens with one attached hydrogen (secondary N) is 2. The molecule has 1 aromatic rings. The molecular weight excluding hydrogens is 240 g/mol. The molecule has 2 N–H and O–H groups in total. The Balaban J connectivity index is 1.77. The standard InChI is InChI=1S/C9H16N6OS/c1-7-10-8(17-13-7)11-12-9(16)15-5-3-14(2)4-6-15/h3-6H2,1-2H3,(H,12,16)(H,10,11,13). The van der Waals surface area contributed by atoms with Gasteiger partial charge in [0.2, 0.25) is 5.13 Å². The van der Waals surface area contributed by atoms with Crippen molar-refractivity contribution in [1.82, 2.24) is 24.6 Å². The number of urea groups is 1. The van der Waals surface area contributed by atoms with Crippen molar-refractivity contribution in [3.63, 3.8) is 0 Å². The van der Waals surface area contributed by atoms with Crippen LogP contribution < -0.4 is 10.9 Å². The summed E-state index contributed by atoms with van der Waals surface area (Å²) in [5.41, 5.74) is 5.39. The average Bonchev–Trinajstić information content (AvgIpc) is 2.73. The summed E-state index contributed by atoms with van der Waals surface area (Å²) >= 11 is 1.22. The monoisotopic (exact) mass is 256 g/mol. The number of nitrogens with zero attached hydrogens (tertiary/aromatic N) is 4. The van der Waals surface area contributed by atoms with Crippen molar-refractivity contribution in [2.45, 2.75) is 6.92 Å². The lowest BCUT2D eigenvalue weighted by atomic mass is 10.3. The number of carbonyl (C=O) groups is 1. The molecule has 0 radical (unpaired) electrons. The van der Waals surface area contributed by atoms with E-state index in [2.05, 4.69) is 32.2 Å². The highest BCUT2D eigenvalue weighted by Crippen LogP contribution is 2.08. The molecule has 0 aliphatic carbocycles. The molecule has 0 saturated carbocycles. The summed E-state index contributed by atoms with van der Waals surface area (Å²) in [6.45, 7) is 5.12. The van der Waals surface area contributed by atoms with E-state index in [1.54, 1.807) is 4.90 Å². The van der Waals surface area contributed by atoms with E-state index in [4.69, 9.17) is 0 Å². The van der Waals surface area contributed by atoms with Crippen LogP contribution in [-0.2, 0) is 0 Å². The molecule has 0 aromatic carbocycles. The lowest BCUT2D eigenvalue weighted by molar-refractivity contribution is 0.156. The maximum atomic E-state index is 11.8. The first-order valence-corrected chi connectivity index (χ1v) is 6.22. The lowest BCUT2D eigenvalue weighted by Crippen LogP contribution is -2.51. The first-order chi connectivity index (χ1) is 8.15. The Bertz CT molecular complexity index is 387. The molecule has 1 aliphatic rings. The zero-order valence-corrected chi connectivity index (χ0v) is 10.8. The number of carbonyl (C=O) groups excluding carboxylic acids is 1. The Morgan fingerprint density at radius 2 is 2.06 bits per heavy atom. The molecular formula is C9H16N6OS. The molecule has 2 heterocycles. The van der Waals surface area contributed by atoms with Crippen LogP contribution in [0.2, 0.25) is 0 Å². The van der Waals surface area contributed by atoms with E-state index in [0.29, 0.717) is 11.0 Å². The maximum absolute atomic E-state index is 11.8. The van der Waals surface area contributed by atoms with Crippen molar-refractivity contribution in [3.8, 4) is 0 Å². The summed E-state index contributed by atoms with van der Waals surface area (Å²) in [6, 6.07) is -0.119. The molecule has 0 spiro atoms. The molecule has 1 fully saturated rings. The number of hydrazine groups is 1. The Hall–Kier alpha value is -1.41. The number of piperazine rings is 1. The van der Waals surface area contributed by atoms with Gasteiger partial charge < -0.3 is 9.80 Å². The number of likely N-dealkylation sites (N-methyl/N-ethyl adjacent to an activating group) is 1. The fraction of sp³-hybridized carbons (Fsp3) is 0.667. The quantitative estimate of drug-likeness (QED) is 0.736. The van der Waals surface area contributed by atoms with E-state index in [9.17, 15) is 4.79 Å². The molecule has 1 aliphatic heterocycles. The second kappa shape index (κ2) is 5.28. The number of rotatable bonds is 2. The second-order valence-corrected chi connectivity index (χ2v) is 4.74. The van der Waals surface area contributed by atoms with E-state index in [1.807, 2.05) is 6.92 Å². The molecule has 1 saturated heterocycles. The van der Waals surface area contributed by atoms with Crippen LogP contribution in [0.25, 0.3) is 0 Å². The van der Waals surface area contributed by atoms with E-state index in [-0.39, 0.29) is 6.03 Å². The van der Waals surface area contributed by atoms with Crippen LogP contribution in [0.1, 0.15) is 5.82 Å². The van der Waals surface area contributed by atoms with E-state index < -0.39 is 0 Å². The summed E-state index contributed by atoms with van der Waals surface area (Å²) in [5.74, 6) is 0.700. The van der Waals surface area contributed by atoms with Crippen LogP contribution in [0.5, 0.6) is 0 Å². The molecule has 0 bridgehead atoms. The predicted molar refractivity (Wildman–Crippen MR) is 65.9 cm³/mol. The molecule has 8 heteroatoms. The van der Waals surface area contributed by atoms with Gasteiger partial charge in [-0.05, 0) is 14.0 Å². The maximum Gasteiger partial charge on any atom is 0.336 e. The summed E-state index contributed by atoms with van der Waals surface area (Å²) in [7, 11) is 2.05. The van der Waals surface area contributed by atoms with Gasteiger partial charge in [-0.1, -0.05) is 0 Å². The normalized spacial score (nSPS) is 16.9. The largest absolute Gasteiger partial charge is 0.336 e. The summed E-state index contributed by atoms with van der Waals surface area (Å²) in [5, 5.41) is 0.602. The van der Waals surface area contributed by atoms with Gasteiger partial charge in [0.25, 0.3) is 0 Å². The van der Waals surface area contributed by atoms with E-state index in [0.717, 1.165) is 26.2 Å². The zero-order chi connectivity index (χ0) is 12.3. The highest BCUT2D eigenvalue weighted by Gasteiger charge is 2.18. The summed E-state index contributed by atoms with van der Waals surface area (Å²) in [4.78, 5) is 19.8. The number of amides is 2. The Morgan fingerprint density at radius 3 is 2.65 bits per heavy atom. The van der Waals surface area contributed by atoms with E-state index >= 15 is 0 Å². The smallest absolute Gasteiger partial charge is 0.321 e. The van der Waals surface area contributed by atoms with Gasteiger partial charge >= 0.3 is 6.03 Å². The molecule has 2 amide bonds. The Kier molecular flexibility index (Phi) is 3.75. The Morgan fingerprint density at radius 1 is 1.35 bits per heavy atom. The van der Waals surface area contributed by atoms with Gasteiger partial charge in [-0.15, -0.1) is 0 Å². The van der Waals surface area contributed by atoms with Gasteiger partial charge in [0, 0.05) is 37.7 Å². The van der Waals surface area contributed by atoms with Gasteiger partial charge in [-0.25, -0.2) is 15.2 Å². The predicted octanol–water partition coefficient (Wildman–Crippen LogP) is 0.130. The fourth-order valence-corrected chi connectivity index (χ4v) is 2.07. The van der Waals surface area contributed by atoms with Gasteiger partial charge in [-0.3, -0.25) is 5.43 Å². The third-order valence-corrected chi connectivity index (χ3v) is 3.32. The number of hydrogen-bond acceptors (Lipinski definition) is 6. The van der Waals surface area contributed by atoms with Crippen molar-refractivity contribution in [1.29, 1.82) is 0 Å². The lowest BCUT2D eigenvalue weighted by Gasteiger charge is -2.32. The first-order valence-electron chi connectivity index (χ1n) is 5.45. The topological polar surface area (TPSA) is 73.4 Å². The van der Waals surface area contributed by atoms with Crippen LogP contribution in [-0.4, -0.2) is 58.4 Å². The molecule has 17 heavy (non-hydrogen) atoms. The van der Waals surface area contributed by atoms with Gasteiger partial charge in [0.15, 0.2) is 0 Å². The number of hydrogen-bond donors (Lipinski definition) is 2. The van der Waals surface area contributed by atoms with Crippen molar-refractivity contribution in [2.75, 3.05) is 38.7 Å². The van der Waals surface area contributed by atoms with Crippen molar-refractivity contribution in [2.24, 2.45) is 0 Å². The van der Waals surface area contributed by atoms with Crippen LogP contribution in [0.15, 0.2) is 0 Å². The molecule has 7 nitrogen and oxygen atoms in total. The summed E-state index contributed by atoms with van der Waals surface area (Å²) in [6.07, 6.45) is 0. The minimum Gasteiger partial charge on any atom is -0.321 e. The van der Waals surface area contributed by atoms with Gasteiger partial charge in [0.1, 0.15) is 5.82 Å². The SMILES string of the molecule is Cc1nsc(NNC(=O)N2CCN(C)CC2)n1. The summed E-state index contributed by atoms with van der Waals surface area (Å²) < 4.78 is 4.01. The number of anilines is 1. The minimum absolute atomic E-state index is 0.119. The fourth-order valence-electron chi connectivity index (χ4n) is 1.54. The van der Waals surface area contributed by atoms with Gasteiger partial charge in [-0.2, -0.15) is 4.37 Å². The minimum atomic E-state index is -0.119. The Labute approximate surface area is 104 Å². The van der Waals surface area contributed by atoms with Crippen molar-refractivity contribution >= 4 is 22.7 Å². The first kappa shape index (κ1) is 12.1. The molecule has 0 atom stereocenters. The molecule has 1 aromatic heterocycles. The highest BCUT2D eigenvalue weighted by molar-refractivity contribution is 7.09. The van der Waals surface area contributed by atoms with Crippen molar-refractivity contribution in [3.05, 3.63) is 5.82 Å². The van der Waals surface area contributed by atoms with Crippen LogP contribution in [0.4, 0.5) is 9.93 Å². The highest BCUT2D eigenvalue weighted by atomic mass is 32.1. The molecule has 2 rings (SSSR count). The van der Waals surface area contributed by atoms with Gasteiger partial charge in [0.05, 0.1) is 0 Å². The van der Waals surface area contributed by atoms with Crippen LogP contribution in [0, 0.1) is 6.92 Å². The van der Waals surface area contributed by atoms with Crippen LogP contribution in [0.3, 0.4) is 0 Å². The molecule has 0 unspecified atom stereocenters. The van der Waals surface area contributed by atoms with Crippen molar-refractivity contribution < 1.29 is 4.79 Å². The molecule has 94 valence electrons. The second-order valence-electron chi connectivity index (χ2n) is 3.99. The zero-order valence-electron chi connectivity index (χ0n) is 9.93.